The zero-order valence-electron chi connectivity index (χ0n) is 19.3. The van der Waals surface area contributed by atoms with Crippen molar-refractivity contribution in [2.24, 2.45) is 0 Å². The number of benzene rings is 2. The van der Waals surface area contributed by atoms with Crippen LogP contribution in [0.2, 0.25) is 0 Å². The maximum absolute atomic E-state index is 13.4. The molecule has 0 unspecified atom stereocenters. The zero-order chi connectivity index (χ0) is 22.3. The number of nitrogens with one attached hydrogen (secondary N) is 1. The van der Waals surface area contributed by atoms with Crippen molar-refractivity contribution >= 4 is 11.8 Å². The van der Waals surface area contributed by atoms with Crippen molar-refractivity contribution in [3.05, 3.63) is 70.3 Å². The summed E-state index contributed by atoms with van der Waals surface area (Å²) in [5.41, 5.74) is 5.55. The van der Waals surface area contributed by atoms with Crippen molar-refractivity contribution in [2.45, 2.75) is 79.4 Å². The van der Waals surface area contributed by atoms with Crippen LogP contribution in [0.4, 0.5) is 0 Å². The smallest absolute Gasteiger partial charge is 0.243 e. The van der Waals surface area contributed by atoms with Gasteiger partial charge in [0, 0.05) is 12.6 Å². The number of nitrogens with zero attached hydrogens (tertiary/aromatic N) is 1. The SMILES string of the molecule is CC[C@@H](C)NC(=O)[C@@H](CC)N(Cc1cccc(C)c1)C(=O)Cc1ccc(C)c(C)c1. The number of hydrogen-bond acceptors (Lipinski definition) is 2. The maximum Gasteiger partial charge on any atom is 0.243 e. The molecule has 2 aromatic carbocycles. The molecule has 4 nitrogen and oxygen atoms in total. The molecule has 2 atom stereocenters. The Morgan fingerprint density at radius 1 is 0.933 bits per heavy atom. The van der Waals surface area contributed by atoms with Crippen LogP contribution >= 0.6 is 0 Å². The largest absolute Gasteiger partial charge is 0.352 e. The predicted octanol–water partition coefficient (Wildman–Crippen LogP) is 4.88. The first-order valence-electron chi connectivity index (χ1n) is 11.0. The number of amides is 2. The summed E-state index contributed by atoms with van der Waals surface area (Å²) >= 11 is 0. The fourth-order valence-electron chi connectivity index (χ4n) is 3.56. The molecule has 2 amide bonds. The zero-order valence-corrected chi connectivity index (χ0v) is 19.3. The van der Waals surface area contributed by atoms with Crippen molar-refractivity contribution in [1.29, 1.82) is 0 Å². The van der Waals surface area contributed by atoms with Gasteiger partial charge in [-0.1, -0.05) is 61.9 Å². The third-order valence-corrected chi connectivity index (χ3v) is 5.75. The Balaban J connectivity index is 2.31. The van der Waals surface area contributed by atoms with Crippen LogP contribution in [-0.2, 0) is 22.6 Å². The fraction of sp³-hybridized carbons (Fsp3) is 0.462. The number of carbonyl (C=O) groups is 2. The van der Waals surface area contributed by atoms with Crippen LogP contribution in [0, 0.1) is 20.8 Å². The van der Waals surface area contributed by atoms with Gasteiger partial charge in [0.1, 0.15) is 6.04 Å². The van der Waals surface area contributed by atoms with E-state index in [1.807, 2.05) is 52.0 Å². The minimum atomic E-state index is -0.487. The monoisotopic (exact) mass is 408 g/mol. The van der Waals surface area contributed by atoms with Gasteiger partial charge in [-0.2, -0.15) is 0 Å². The minimum Gasteiger partial charge on any atom is -0.352 e. The summed E-state index contributed by atoms with van der Waals surface area (Å²) in [5, 5.41) is 3.06. The molecule has 0 spiro atoms. The number of aryl methyl sites for hydroxylation is 3. The Bertz CT molecular complexity index is 875. The van der Waals surface area contributed by atoms with Crippen LogP contribution in [0.25, 0.3) is 0 Å². The third kappa shape index (κ3) is 6.45. The van der Waals surface area contributed by atoms with Gasteiger partial charge >= 0.3 is 0 Å². The lowest BCUT2D eigenvalue weighted by atomic mass is 10.0. The summed E-state index contributed by atoms with van der Waals surface area (Å²) in [6, 6.07) is 13.9. The van der Waals surface area contributed by atoms with Crippen molar-refractivity contribution < 1.29 is 9.59 Å². The van der Waals surface area contributed by atoms with Gasteiger partial charge in [-0.3, -0.25) is 9.59 Å². The van der Waals surface area contributed by atoms with E-state index < -0.39 is 6.04 Å². The van der Waals surface area contributed by atoms with Crippen LogP contribution < -0.4 is 5.32 Å². The first kappa shape index (κ1) is 23.7. The molecule has 2 aromatic rings. The molecule has 0 saturated heterocycles. The highest BCUT2D eigenvalue weighted by atomic mass is 16.2. The Labute approximate surface area is 181 Å². The van der Waals surface area contributed by atoms with Gasteiger partial charge in [-0.15, -0.1) is 0 Å². The predicted molar refractivity (Wildman–Crippen MR) is 123 cm³/mol. The lowest BCUT2D eigenvalue weighted by Crippen LogP contribution is -2.51. The summed E-state index contributed by atoms with van der Waals surface area (Å²) in [6.07, 6.45) is 1.73. The van der Waals surface area contributed by atoms with Crippen molar-refractivity contribution in [3.8, 4) is 0 Å². The number of hydrogen-bond donors (Lipinski definition) is 1. The van der Waals surface area contributed by atoms with Gasteiger partial charge < -0.3 is 10.2 Å². The lowest BCUT2D eigenvalue weighted by Gasteiger charge is -2.31. The molecular weight excluding hydrogens is 372 g/mol. The molecule has 2 rings (SSSR count). The molecule has 0 radical (unpaired) electrons. The maximum atomic E-state index is 13.4. The highest BCUT2D eigenvalue weighted by molar-refractivity contribution is 5.88. The molecule has 1 N–H and O–H groups in total. The molecule has 30 heavy (non-hydrogen) atoms. The summed E-state index contributed by atoms with van der Waals surface area (Å²) in [5.74, 6) is -0.0983. The van der Waals surface area contributed by atoms with Gasteiger partial charge in [0.15, 0.2) is 0 Å². The molecule has 0 saturated carbocycles. The summed E-state index contributed by atoms with van der Waals surface area (Å²) in [7, 11) is 0. The molecule has 0 fully saturated rings. The van der Waals surface area contributed by atoms with Gasteiger partial charge in [0.25, 0.3) is 0 Å². The quantitative estimate of drug-likeness (QED) is 0.643. The van der Waals surface area contributed by atoms with E-state index in [1.54, 1.807) is 4.90 Å². The summed E-state index contributed by atoms with van der Waals surface area (Å²) in [6.45, 7) is 12.6. The third-order valence-electron chi connectivity index (χ3n) is 5.75. The van der Waals surface area contributed by atoms with E-state index in [0.29, 0.717) is 19.4 Å². The van der Waals surface area contributed by atoms with Crippen LogP contribution in [0.3, 0.4) is 0 Å². The second kappa shape index (κ2) is 11.0. The second-order valence-corrected chi connectivity index (χ2v) is 8.35. The van der Waals surface area contributed by atoms with Gasteiger partial charge in [0.2, 0.25) is 11.8 Å². The Hall–Kier alpha value is -2.62. The normalized spacial score (nSPS) is 12.9. The molecule has 0 aromatic heterocycles. The van der Waals surface area contributed by atoms with E-state index in [0.717, 1.165) is 23.1 Å². The van der Waals surface area contributed by atoms with E-state index in [4.69, 9.17) is 0 Å². The van der Waals surface area contributed by atoms with Crippen molar-refractivity contribution in [1.82, 2.24) is 10.2 Å². The first-order valence-corrected chi connectivity index (χ1v) is 11.0. The van der Waals surface area contributed by atoms with E-state index in [9.17, 15) is 9.59 Å². The van der Waals surface area contributed by atoms with E-state index in [1.165, 1.54) is 11.1 Å². The van der Waals surface area contributed by atoms with Crippen molar-refractivity contribution in [3.63, 3.8) is 0 Å². The van der Waals surface area contributed by atoms with Gasteiger partial charge in [0.05, 0.1) is 6.42 Å². The Morgan fingerprint density at radius 3 is 2.27 bits per heavy atom. The molecule has 0 aliphatic carbocycles. The molecule has 0 heterocycles. The topological polar surface area (TPSA) is 49.4 Å². The second-order valence-electron chi connectivity index (χ2n) is 8.35. The van der Waals surface area contributed by atoms with Crippen molar-refractivity contribution in [2.75, 3.05) is 0 Å². The van der Waals surface area contributed by atoms with Crippen LogP contribution in [0.1, 0.15) is 61.4 Å². The van der Waals surface area contributed by atoms with Gasteiger partial charge in [-0.05, 0) is 62.8 Å². The molecule has 4 heteroatoms. The average Bonchev–Trinajstić information content (AvgIpc) is 2.70. The summed E-state index contributed by atoms with van der Waals surface area (Å²) < 4.78 is 0. The van der Waals surface area contributed by atoms with E-state index >= 15 is 0 Å². The fourth-order valence-corrected chi connectivity index (χ4v) is 3.56. The van der Waals surface area contributed by atoms with Crippen LogP contribution in [0.15, 0.2) is 42.5 Å². The van der Waals surface area contributed by atoms with Gasteiger partial charge in [-0.25, -0.2) is 0 Å². The Morgan fingerprint density at radius 2 is 1.67 bits per heavy atom. The average molecular weight is 409 g/mol. The highest BCUT2D eigenvalue weighted by Gasteiger charge is 2.29. The highest BCUT2D eigenvalue weighted by Crippen LogP contribution is 2.17. The number of carbonyl (C=O) groups excluding carboxylic acids is 2. The van der Waals surface area contributed by atoms with E-state index in [-0.39, 0.29) is 17.9 Å². The first-order chi connectivity index (χ1) is 14.2. The number of rotatable bonds is 9. The molecule has 162 valence electrons. The standard InChI is InChI=1S/C26H36N2O2/c1-7-21(6)27-26(30)24(8-2)28(17-23-11-9-10-18(3)14-23)25(29)16-22-13-12-19(4)20(5)15-22/h9-15,21,24H,7-8,16-17H2,1-6H3,(H,27,30)/t21-,24-/m1/s1. The molecule has 0 bridgehead atoms. The lowest BCUT2D eigenvalue weighted by molar-refractivity contribution is -0.141. The molecule has 0 aliphatic heterocycles. The molecule has 0 aliphatic rings. The van der Waals surface area contributed by atoms with Crippen LogP contribution in [0.5, 0.6) is 0 Å². The summed E-state index contributed by atoms with van der Waals surface area (Å²) in [4.78, 5) is 28.1. The minimum absolute atomic E-state index is 0.0223. The molecular formula is C26H36N2O2. The van der Waals surface area contributed by atoms with E-state index in [2.05, 4.69) is 37.4 Å². The Kier molecular flexibility index (Phi) is 8.64. The van der Waals surface area contributed by atoms with Crippen LogP contribution in [-0.4, -0.2) is 28.8 Å².